The number of hydrogen-bond donors (Lipinski definition) is 3. The lowest BCUT2D eigenvalue weighted by molar-refractivity contribution is -0.131. The van der Waals surface area contributed by atoms with Gasteiger partial charge in [-0.3, -0.25) is 14.2 Å². The Hall–Kier alpha value is -0.420. The summed E-state index contributed by atoms with van der Waals surface area (Å²) in [6, 6.07) is 0. The van der Waals surface area contributed by atoms with Gasteiger partial charge >= 0.3 is 7.60 Å². The summed E-state index contributed by atoms with van der Waals surface area (Å²) in [6.45, 7) is 9.37. The second-order valence-corrected chi connectivity index (χ2v) is 9.10. The van der Waals surface area contributed by atoms with Crippen molar-refractivity contribution in [1.29, 1.82) is 0 Å². The average Bonchev–Trinajstić information content (AvgIpc) is 2.41. The predicted octanol–water partition coefficient (Wildman–Crippen LogP) is 3.87. The predicted molar refractivity (Wildman–Crippen MR) is 96.5 cm³/mol. The first-order valence-corrected chi connectivity index (χ1v) is 10.8. The van der Waals surface area contributed by atoms with Gasteiger partial charge in [-0.25, -0.2) is 5.48 Å². The Labute approximate surface area is 146 Å². The topological polar surface area (TPSA) is 95.9 Å². The highest BCUT2D eigenvalue weighted by atomic mass is 31.2. The maximum Gasteiger partial charge on any atom is 0.334 e. The molecule has 0 radical (unpaired) electrons. The van der Waals surface area contributed by atoms with Gasteiger partial charge in [0.2, 0.25) is 0 Å². The Kier molecular flexibility index (Phi) is 12.6. The van der Waals surface area contributed by atoms with Crippen molar-refractivity contribution in [2.75, 3.05) is 12.8 Å². The minimum Gasteiger partial charge on any atom is -0.324 e. The summed E-state index contributed by atoms with van der Waals surface area (Å²) in [5.74, 6) is 1.29. The zero-order valence-corrected chi connectivity index (χ0v) is 16.6. The number of rotatable bonds is 14. The molecule has 0 aromatic carbocycles. The van der Waals surface area contributed by atoms with Crippen LogP contribution in [0.5, 0.6) is 0 Å². The van der Waals surface area contributed by atoms with Crippen LogP contribution in [0.2, 0.25) is 0 Å². The third-order valence-corrected chi connectivity index (χ3v) is 4.82. The van der Waals surface area contributed by atoms with E-state index in [0.29, 0.717) is 12.5 Å². The van der Waals surface area contributed by atoms with E-state index in [2.05, 4.69) is 33.2 Å². The van der Waals surface area contributed by atoms with Crippen LogP contribution in [0.25, 0.3) is 0 Å². The molecule has 2 atom stereocenters. The highest BCUT2D eigenvalue weighted by molar-refractivity contribution is 7.52. The molecule has 0 bridgehead atoms. The lowest BCUT2D eigenvalue weighted by atomic mass is 9.93. The lowest BCUT2D eigenvalue weighted by Gasteiger charge is -2.15. The molecule has 24 heavy (non-hydrogen) atoms. The van der Waals surface area contributed by atoms with Crippen molar-refractivity contribution in [2.45, 2.75) is 72.6 Å². The first-order valence-electron chi connectivity index (χ1n) is 9.05. The summed E-state index contributed by atoms with van der Waals surface area (Å²) in [5.41, 5.74) is 2.07. The molecule has 0 spiro atoms. The Balaban J connectivity index is 3.57. The van der Waals surface area contributed by atoms with Gasteiger partial charge < -0.3 is 9.79 Å². The van der Waals surface area contributed by atoms with E-state index < -0.39 is 19.7 Å². The van der Waals surface area contributed by atoms with Crippen LogP contribution >= 0.6 is 7.60 Å². The molecule has 7 heteroatoms. The van der Waals surface area contributed by atoms with E-state index >= 15 is 0 Å². The fourth-order valence-electron chi connectivity index (χ4n) is 2.59. The first kappa shape index (κ1) is 23.6. The molecular formula is C17H36NO5P. The van der Waals surface area contributed by atoms with Gasteiger partial charge in [-0.1, -0.05) is 66.2 Å². The van der Waals surface area contributed by atoms with Gasteiger partial charge in [-0.2, -0.15) is 0 Å². The quantitative estimate of drug-likeness (QED) is 0.247. The van der Waals surface area contributed by atoms with E-state index in [0.717, 1.165) is 24.7 Å². The summed E-state index contributed by atoms with van der Waals surface area (Å²) in [5, 5.41) is 0. The van der Waals surface area contributed by atoms with Crippen LogP contribution in [0.1, 0.15) is 72.6 Å². The zero-order chi connectivity index (χ0) is 18.6. The van der Waals surface area contributed by atoms with Crippen molar-refractivity contribution >= 4 is 13.5 Å². The van der Waals surface area contributed by atoms with Gasteiger partial charge in [0.05, 0.1) is 6.61 Å². The Morgan fingerprint density at radius 3 is 1.96 bits per heavy atom. The maximum atomic E-state index is 11.2. The molecule has 1 amide bonds. The number of hydrogen-bond acceptors (Lipinski definition) is 3. The molecular weight excluding hydrogens is 329 g/mol. The molecule has 0 saturated carbocycles. The standard InChI is InChI=1S/C17H36NO5P/c1-14(2)7-5-8-15(3)9-6-10-16(4)11-12-23-18-17(19)13-24(20,21)22/h14-16H,5-13H2,1-4H3,(H,18,19)(H2,20,21,22). The van der Waals surface area contributed by atoms with Gasteiger partial charge in [-0.05, 0) is 24.2 Å². The van der Waals surface area contributed by atoms with Crippen LogP contribution in [0, 0.1) is 17.8 Å². The smallest absolute Gasteiger partial charge is 0.324 e. The molecule has 3 N–H and O–H groups in total. The van der Waals surface area contributed by atoms with Crippen molar-refractivity contribution in [3.8, 4) is 0 Å². The van der Waals surface area contributed by atoms with E-state index in [-0.39, 0.29) is 0 Å². The van der Waals surface area contributed by atoms with Gasteiger partial charge in [0.25, 0.3) is 5.91 Å². The number of amides is 1. The summed E-state index contributed by atoms with van der Waals surface area (Å²) < 4.78 is 10.6. The Bertz CT molecular complexity index is 383. The molecule has 2 unspecified atom stereocenters. The fourth-order valence-corrected chi connectivity index (χ4v) is 3.03. The largest absolute Gasteiger partial charge is 0.334 e. The van der Waals surface area contributed by atoms with Gasteiger partial charge in [-0.15, -0.1) is 0 Å². The SMILES string of the molecule is CC(C)CCCC(C)CCCC(C)CCONC(=O)CP(=O)(O)O. The average molecular weight is 365 g/mol. The number of hydroxylamine groups is 1. The molecule has 144 valence electrons. The van der Waals surface area contributed by atoms with Crippen molar-refractivity contribution in [1.82, 2.24) is 5.48 Å². The summed E-state index contributed by atoms with van der Waals surface area (Å²) >= 11 is 0. The summed E-state index contributed by atoms with van der Waals surface area (Å²) in [7, 11) is -4.32. The van der Waals surface area contributed by atoms with Gasteiger partial charge in [0.1, 0.15) is 6.16 Å². The van der Waals surface area contributed by atoms with E-state index in [4.69, 9.17) is 14.6 Å². The van der Waals surface area contributed by atoms with Crippen LogP contribution in [0.3, 0.4) is 0 Å². The third-order valence-electron chi connectivity index (χ3n) is 4.12. The van der Waals surface area contributed by atoms with E-state index in [1.54, 1.807) is 0 Å². The molecule has 0 rings (SSSR count). The molecule has 0 aliphatic carbocycles. The molecule has 0 aromatic rings. The van der Waals surface area contributed by atoms with Crippen LogP contribution in [-0.2, 0) is 14.2 Å². The lowest BCUT2D eigenvalue weighted by Crippen LogP contribution is -2.27. The highest BCUT2D eigenvalue weighted by Crippen LogP contribution is 2.33. The molecule has 0 heterocycles. The van der Waals surface area contributed by atoms with Gasteiger partial charge in [0, 0.05) is 0 Å². The van der Waals surface area contributed by atoms with E-state index in [1.165, 1.54) is 32.1 Å². The fraction of sp³-hybridized carbons (Fsp3) is 0.941. The van der Waals surface area contributed by atoms with Crippen LogP contribution in [0.4, 0.5) is 0 Å². The number of nitrogens with one attached hydrogen (secondary N) is 1. The minimum atomic E-state index is -4.32. The maximum absolute atomic E-state index is 11.2. The third kappa shape index (κ3) is 16.4. The minimum absolute atomic E-state index is 0.359. The number of carbonyl (C=O) groups excluding carboxylic acids is 1. The van der Waals surface area contributed by atoms with Crippen LogP contribution < -0.4 is 5.48 Å². The second-order valence-electron chi connectivity index (χ2n) is 7.45. The molecule has 0 aromatic heterocycles. The second kappa shape index (κ2) is 12.9. The Morgan fingerprint density at radius 2 is 1.46 bits per heavy atom. The normalized spacial score (nSPS) is 14.6. The summed E-state index contributed by atoms with van der Waals surface area (Å²) in [6.07, 6.45) is 7.50. The van der Waals surface area contributed by atoms with Crippen molar-refractivity contribution in [3.63, 3.8) is 0 Å². The van der Waals surface area contributed by atoms with Crippen molar-refractivity contribution < 1.29 is 24.0 Å². The summed E-state index contributed by atoms with van der Waals surface area (Å²) in [4.78, 5) is 33.4. The zero-order valence-electron chi connectivity index (χ0n) is 15.7. The van der Waals surface area contributed by atoms with Crippen LogP contribution in [-0.4, -0.2) is 28.5 Å². The van der Waals surface area contributed by atoms with E-state index in [9.17, 15) is 9.36 Å². The highest BCUT2D eigenvalue weighted by Gasteiger charge is 2.18. The van der Waals surface area contributed by atoms with E-state index in [1.807, 2.05) is 0 Å². The first-order chi connectivity index (χ1) is 11.1. The molecule has 0 saturated heterocycles. The monoisotopic (exact) mass is 365 g/mol. The van der Waals surface area contributed by atoms with Crippen LogP contribution in [0.15, 0.2) is 0 Å². The molecule has 0 aliphatic heterocycles. The van der Waals surface area contributed by atoms with Crippen molar-refractivity contribution in [3.05, 3.63) is 0 Å². The van der Waals surface area contributed by atoms with Gasteiger partial charge in [0.15, 0.2) is 0 Å². The number of carbonyl (C=O) groups is 1. The molecule has 0 aliphatic rings. The Morgan fingerprint density at radius 1 is 0.958 bits per heavy atom. The van der Waals surface area contributed by atoms with Crippen molar-refractivity contribution in [2.24, 2.45) is 17.8 Å². The molecule has 0 fully saturated rings. The molecule has 6 nitrogen and oxygen atoms in total.